The maximum atomic E-state index is 13.5. The summed E-state index contributed by atoms with van der Waals surface area (Å²) < 4.78 is 19.7. The lowest BCUT2D eigenvalue weighted by atomic mass is 9.48. The number of nitrogens with zero attached hydrogens (tertiary/aromatic N) is 6. The van der Waals surface area contributed by atoms with Gasteiger partial charge in [0.25, 0.3) is 11.8 Å². The molecule has 15 atom stereocenters. The summed E-state index contributed by atoms with van der Waals surface area (Å²) in [7, 11) is 0. The lowest BCUT2D eigenvalue weighted by Crippen LogP contribution is -2.78. The topological polar surface area (TPSA) is 237 Å². The lowest BCUT2D eigenvalue weighted by Gasteiger charge is -2.64. The van der Waals surface area contributed by atoms with Crippen LogP contribution in [0.3, 0.4) is 0 Å². The fourth-order valence-electron chi connectivity index (χ4n) is 24.4. The fraction of sp³-hybridized carbons (Fsp3) is 0.696. The molecule has 4 amide bonds. The SMILES string of the molecule is C.C.C.O=C1C2=C(CCCC2)C(=O)N1[C@@H]1CC[C@@]2(O)[C@H]3Cc4ccc(O)c5c4[C@@]2(CCN3CC2CC2)[C@H]1O5.O=C1CCC(=O)N1[C@@H]1CC[C@@]2(O)[C@H]3Cc4ccc(O)c5c4[C@@]2(CCN3CC2CC2)[C@H]1O5.Oc1ccc2c3c1O[C@H]1[C@H](N4CCCC4)CC[C@@]4(O)[C@@H](C2)N(CC2CC2)CC[C@]314. The van der Waals surface area contributed by atoms with Crippen molar-refractivity contribution in [2.75, 3.05) is 52.4 Å². The van der Waals surface area contributed by atoms with Gasteiger partial charge < -0.3 is 44.8 Å². The summed E-state index contributed by atoms with van der Waals surface area (Å²) in [5, 5.41) is 69.6. The molecule has 9 aliphatic heterocycles. The number of aliphatic hydroxyl groups is 3. The third kappa shape index (κ3) is 8.52. The van der Waals surface area contributed by atoms with Crippen molar-refractivity contribution in [2.45, 2.75) is 277 Å². The quantitative estimate of drug-likeness (QED) is 0.110. The lowest BCUT2D eigenvalue weighted by molar-refractivity contribution is -0.201. The predicted molar refractivity (Wildman–Crippen MR) is 365 cm³/mol. The molecular formula is C79H104N6O13. The number of carbonyl (C=O) groups excluding carboxylic acids is 4. The summed E-state index contributed by atoms with van der Waals surface area (Å²) in [6, 6.07) is 11.0. The zero-order chi connectivity index (χ0) is 64.2. The van der Waals surface area contributed by atoms with E-state index in [2.05, 4.69) is 25.7 Å². The van der Waals surface area contributed by atoms with Gasteiger partial charge in [-0.15, -0.1) is 0 Å². The van der Waals surface area contributed by atoms with Crippen LogP contribution in [0.4, 0.5) is 0 Å². The molecule has 0 aromatic heterocycles. The Kier molecular flexibility index (Phi) is 15.1. The summed E-state index contributed by atoms with van der Waals surface area (Å²) >= 11 is 0. The van der Waals surface area contributed by atoms with E-state index < -0.39 is 51.9 Å². The molecule has 22 rings (SSSR count). The molecule has 3 spiro atoms. The zero-order valence-corrected chi connectivity index (χ0v) is 54.7. The van der Waals surface area contributed by atoms with Gasteiger partial charge in [-0.05, 0) is 239 Å². The van der Waals surface area contributed by atoms with Crippen molar-refractivity contribution in [1.82, 2.24) is 29.4 Å². The Labute approximate surface area is 576 Å². The van der Waals surface area contributed by atoms with Crippen LogP contribution in [0.2, 0.25) is 0 Å². The molecule has 6 N–H and O–H groups in total. The van der Waals surface area contributed by atoms with Crippen molar-refractivity contribution >= 4 is 23.6 Å². The van der Waals surface area contributed by atoms with Crippen LogP contribution in [0.1, 0.15) is 203 Å². The van der Waals surface area contributed by atoms with E-state index in [0.29, 0.717) is 85.8 Å². The van der Waals surface area contributed by atoms with Crippen LogP contribution < -0.4 is 14.2 Å². The van der Waals surface area contributed by atoms with E-state index >= 15 is 0 Å². The summed E-state index contributed by atoms with van der Waals surface area (Å²) in [6.45, 7) is 8.26. The Morgan fingerprint density at radius 2 is 0.735 bits per heavy atom. The first-order chi connectivity index (χ1) is 46.0. The van der Waals surface area contributed by atoms with E-state index in [9.17, 15) is 49.8 Å². The van der Waals surface area contributed by atoms with Crippen molar-refractivity contribution in [1.29, 1.82) is 0 Å². The maximum Gasteiger partial charge on any atom is 0.257 e. The number of ether oxygens (including phenoxy) is 3. The largest absolute Gasteiger partial charge is 0.504 e. The Hall–Kier alpha value is -5.80. The highest BCUT2D eigenvalue weighted by atomic mass is 16.5. The Balaban J connectivity index is 0.000000109. The first-order valence-corrected chi connectivity index (χ1v) is 37.1. The molecular weight excluding hydrogens is 1240 g/mol. The van der Waals surface area contributed by atoms with Crippen LogP contribution >= 0.6 is 0 Å². The maximum absolute atomic E-state index is 13.5. The Bertz CT molecular complexity index is 3840. The molecule has 9 heterocycles. The van der Waals surface area contributed by atoms with Gasteiger partial charge in [0.1, 0.15) is 18.3 Å². The van der Waals surface area contributed by atoms with Crippen LogP contribution in [-0.4, -0.2) is 207 Å². The first kappa shape index (κ1) is 65.5. The minimum atomic E-state index is -1.01. The van der Waals surface area contributed by atoms with E-state index in [0.717, 1.165) is 149 Å². The average Bonchev–Trinajstić information content (AvgIpc) is 1.42. The highest BCUT2D eigenvalue weighted by Gasteiger charge is 2.78. The minimum absolute atomic E-state index is 0. The number of phenolic OH excluding ortho intramolecular Hbond substituents is 3. The fourth-order valence-corrected chi connectivity index (χ4v) is 24.4. The number of phenols is 3. The molecule has 6 bridgehead atoms. The van der Waals surface area contributed by atoms with Gasteiger partial charge in [-0.2, -0.15) is 0 Å². The van der Waals surface area contributed by atoms with E-state index in [1.807, 2.05) is 18.2 Å². The highest BCUT2D eigenvalue weighted by Crippen LogP contribution is 2.70. The van der Waals surface area contributed by atoms with Gasteiger partial charge in [0, 0.05) is 84.5 Å². The number of hydrogen-bond donors (Lipinski definition) is 6. The van der Waals surface area contributed by atoms with Gasteiger partial charge in [0.05, 0.1) is 45.1 Å². The number of rotatable bonds is 9. The number of hydrogen-bond acceptors (Lipinski definition) is 17. The number of carbonyl (C=O) groups is 4. The molecule has 11 fully saturated rings. The van der Waals surface area contributed by atoms with E-state index in [1.165, 1.54) is 66.7 Å². The molecule has 0 unspecified atom stereocenters. The van der Waals surface area contributed by atoms with Crippen LogP contribution in [0, 0.1) is 17.8 Å². The highest BCUT2D eigenvalue weighted by molar-refractivity contribution is 6.19. The number of amides is 4. The van der Waals surface area contributed by atoms with Gasteiger partial charge in [-0.25, -0.2) is 0 Å². The Morgan fingerprint density at radius 3 is 1.09 bits per heavy atom. The van der Waals surface area contributed by atoms with Gasteiger partial charge in [0.2, 0.25) is 11.8 Å². The second-order valence-electron chi connectivity index (χ2n) is 33.2. The summed E-state index contributed by atoms with van der Waals surface area (Å²) in [6.07, 6.45) is 21.7. The monoisotopic (exact) mass is 1340 g/mol. The van der Waals surface area contributed by atoms with Crippen molar-refractivity contribution in [3.8, 4) is 34.5 Å². The number of imide groups is 2. The molecule has 19 aliphatic rings. The van der Waals surface area contributed by atoms with E-state index in [4.69, 9.17) is 14.2 Å². The van der Waals surface area contributed by atoms with Crippen LogP contribution in [0.25, 0.3) is 0 Å². The standard InChI is InChI=1S/C28H32N2O5.C24H28N2O5.C24H32N2O3.3CH4/c31-20-8-7-16-13-21-28(34)10-9-19(30-25(32)17-3-1-2-4-18(17)26(30)33)24-27(28,22(16)23(20)35-24)11-12-29(21)14-15-5-6-15;27-16-4-3-14-11-17-24(30)8-7-15(26-18(28)5-6-19(26)29)22-23(24,20(14)21(16)31-22)9-10-25(17)12-13-1-2-13;27-18-6-5-16-13-19-24(28)8-7-17(25-10-1-2-11-25)22-23(24,20(16)21(18)29-22)9-12-26(19)14-15-3-4-15;;;/h7-8,15,19,21,24,31,34H,1-6,9-14H2;3-4,13,15,17,22,27,30H,1-2,5-12H2;5-6,15,17,19,22,27-28H,1-4,7-14H2;3*1H4/t19-,21-,24+,27+,28-;15-,17-,22+,23+,24-;17-,19-,22+,23+,24-;;;/m111.../s1. The second kappa shape index (κ2) is 22.6. The van der Waals surface area contributed by atoms with E-state index in [-0.39, 0.29) is 106 Å². The molecule has 19 nitrogen and oxygen atoms in total. The predicted octanol–water partition coefficient (Wildman–Crippen LogP) is 8.37. The molecule has 10 aliphatic carbocycles. The zero-order valence-electron chi connectivity index (χ0n) is 54.7. The minimum Gasteiger partial charge on any atom is -0.504 e. The molecule has 5 saturated heterocycles. The molecule has 528 valence electrons. The summed E-state index contributed by atoms with van der Waals surface area (Å²) in [5.74, 6) is 3.75. The molecule has 19 heteroatoms. The van der Waals surface area contributed by atoms with Crippen molar-refractivity contribution < 1.29 is 64.0 Å². The van der Waals surface area contributed by atoms with Crippen molar-refractivity contribution in [3.63, 3.8) is 0 Å². The van der Waals surface area contributed by atoms with Crippen LogP contribution in [0.15, 0.2) is 47.5 Å². The van der Waals surface area contributed by atoms with Crippen LogP contribution in [-0.2, 0) is 54.7 Å². The number of benzene rings is 3. The molecule has 0 radical (unpaired) electrons. The van der Waals surface area contributed by atoms with Gasteiger partial charge in [-0.3, -0.25) is 48.6 Å². The van der Waals surface area contributed by atoms with Gasteiger partial charge in [0.15, 0.2) is 34.5 Å². The first-order valence-electron chi connectivity index (χ1n) is 37.1. The molecule has 3 aromatic carbocycles. The van der Waals surface area contributed by atoms with Gasteiger partial charge in [-0.1, -0.05) is 40.5 Å². The van der Waals surface area contributed by atoms with Crippen molar-refractivity contribution in [3.05, 3.63) is 80.9 Å². The van der Waals surface area contributed by atoms with Crippen molar-refractivity contribution in [2.24, 2.45) is 17.8 Å². The second-order valence-corrected chi connectivity index (χ2v) is 33.2. The molecule has 98 heavy (non-hydrogen) atoms. The third-order valence-electron chi connectivity index (χ3n) is 29.0. The number of likely N-dealkylation sites (tertiary alicyclic amines) is 5. The molecule has 3 aromatic rings. The average molecular weight is 1350 g/mol. The third-order valence-corrected chi connectivity index (χ3v) is 29.0. The number of aromatic hydroxyl groups is 3. The smallest absolute Gasteiger partial charge is 0.257 e. The Morgan fingerprint density at radius 1 is 0.398 bits per heavy atom. The summed E-state index contributed by atoms with van der Waals surface area (Å²) in [5.41, 5.74) is 3.49. The molecule has 6 saturated carbocycles. The summed E-state index contributed by atoms with van der Waals surface area (Å²) in [4.78, 5) is 65.5. The number of piperidine rings is 3. The van der Waals surface area contributed by atoms with Crippen LogP contribution in [0.5, 0.6) is 34.5 Å². The van der Waals surface area contributed by atoms with Gasteiger partial charge >= 0.3 is 0 Å². The normalized spacial score (nSPS) is 39.8. The van der Waals surface area contributed by atoms with E-state index in [1.54, 1.807) is 12.1 Å².